The van der Waals surface area contributed by atoms with Gasteiger partial charge in [-0.25, -0.2) is 0 Å². The van der Waals surface area contributed by atoms with Crippen LogP contribution in [0.3, 0.4) is 0 Å². The lowest BCUT2D eigenvalue weighted by Crippen LogP contribution is -1.96. The summed E-state index contributed by atoms with van der Waals surface area (Å²) in [5.41, 5.74) is 0. The summed E-state index contributed by atoms with van der Waals surface area (Å²) >= 11 is 0. The number of allylic oxidation sites excluding steroid dienone is 5. The molecule has 0 aliphatic rings. The van der Waals surface area contributed by atoms with Gasteiger partial charge < -0.3 is 4.74 Å². The third-order valence-electron chi connectivity index (χ3n) is 1.45. The molecule has 0 unspecified atom stereocenters. The lowest BCUT2D eigenvalue weighted by molar-refractivity contribution is -0.139. The van der Waals surface area contributed by atoms with Gasteiger partial charge in [-0.3, -0.25) is 4.79 Å². The molecule has 0 aromatic heterocycles. The van der Waals surface area contributed by atoms with E-state index in [1.807, 2.05) is 6.92 Å². The van der Waals surface area contributed by atoms with Crippen molar-refractivity contribution in [2.45, 2.75) is 32.5 Å². The van der Waals surface area contributed by atoms with E-state index in [1.54, 1.807) is 6.08 Å². The van der Waals surface area contributed by atoms with Crippen LogP contribution in [0.5, 0.6) is 0 Å². The van der Waals surface area contributed by atoms with Crippen LogP contribution < -0.4 is 0 Å². The number of rotatable bonds is 7. The van der Waals surface area contributed by atoms with Gasteiger partial charge in [0.15, 0.2) is 0 Å². The van der Waals surface area contributed by atoms with E-state index in [4.69, 9.17) is 5.48 Å². The van der Waals surface area contributed by atoms with Crippen molar-refractivity contribution in [2.75, 3.05) is 7.11 Å². The standard InChI is InChI=1S/C13H20O2/c1-3-4-5-6-7-8-9-10-11-12-13(14)15-2/h4-5,7-8,10-11H,3,6,9,12H2,1-2H3/b5-4-,8-7-,11-10-/i6D2,9D2. The minimum Gasteiger partial charge on any atom is -0.469 e. The lowest BCUT2D eigenvalue weighted by Gasteiger charge is -1.90. The molecule has 0 saturated carbocycles. The molecule has 0 rings (SSSR count). The Balaban J connectivity index is 4.58. The Morgan fingerprint density at radius 1 is 1.13 bits per heavy atom. The molecular weight excluding hydrogens is 188 g/mol. The number of carbonyl (C=O) groups is 1. The van der Waals surface area contributed by atoms with Gasteiger partial charge >= 0.3 is 5.97 Å². The molecule has 0 fully saturated rings. The third-order valence-corrected chi connectivity index (χ3v) is 1.45. The van der Waals surface area contributed by atoms with Gasteiger partial charge in [-0.2, -0.15) is 0 Å². The van der Waals surface area contributed by atoms with E-state index in [9.17, 15) is 4.79 Å². The van der Waals surface area contributed by atoms with Crippen LogP contribution in [0.25, 0.3) is 0 Å². The number of hydrogen-bond donors (Lipinski definition) is 0. The number of esters is 1. The summed E-state index contributed by atoms with van der Waals surface area (Å²) in [5.74, 6) is -0.447. The topological polar surface area (TPSA) is 26.3 Å². The maximum atomic E-state index is 10.8. The molecule has 84 valence electrons. The first-order chi connectivity index (χ1) is 8.72. The van der Waals surface area contributed by atoms with E-state index in [2.05, 4.69) is 4.74 Å². The molecule has 0 spiro atoms. The first-order valence-electron chi connectivity index (χ1n) is 6.85. The second kappa shape index (κ2) is 10.8. The normalized spacial score (nSPS) is 17.7. The SMILES string of the molecule is [2H]C([2H])(/C=C\CC)/C=C\C([2H])([2H])/C=C\CC(=O)OC. The summed E-state index contributed by atoms with van der Waals surface area (Å²) in [6, 6.07) is 0. The van der Waals surface area contributed by atoms with Crippen molar-refractivity contribution >= 4 is 5.97 Å². The number of hydrogen-bond acceptors (Lipinski definition) is 2. The molecule has 0 saturated heterocycles. The Bertz CT molecular complexity index is 371. The molecule has 0 radical (unpaired) electrons. The highest BCUT2D eigenvalue weighted by Crippen LogP contribution is 1.94. The van der Waals surface area contributed by atoms with Crippen molar-refractivity contribution < 1.29 is 15.0 Å². The van der Waals surface area contributed by atoms with Gasteiger partial charge in [0, 0.05) is 5.48 Å². The molecule has 2 heteroatoms. The molecule has 0 aliphatic heterocycles. The lowest BCUT2D eigenvalue weighted by atomic mass is 10.2. The summed E-state index contributed by atoms with van der Waals surface area (Å²) < 4.78 is 34.9. The number of methoxy groups -OCH3 is 1. The Morgan fingerprint density at radius 3 is 2.20 bits per heavy atom. The van der Waals surface area contributed by atoms with Crippen LogP contribution in [0.4, 0.5) is 0 Å². The molecular formula is C13H20O2. The predicted octanol–water partition coefficient (Wildman–Crippen LogP) is 3.41. The maximum Gasteiger partial charge on any atom is 0.309 e. The quantitative estimate of drug-likeness (QED) is 0.477. The highest BCUT2D eigenvalue weighted by Gasteiger charge is 1.91. The van der Waals surface area contributed by atoms with Crippen LogP contribution in [0, 0.1) is 0 Å². The van der Waals surface area contributed by atoms with E-state index < -0.39 is 18.7 Å². The molecule has 0 amide bonds. The van der Waals surface area contributed by atoms with Crippen LogP contribution in [0.1, 0.15) is 38.0 Å². The van der Waals surface area contributed by atoms with Crippen LogP contribution in [-0.2, 0) is 9.53 Å². The second-order valence-corrected chi connectivity index (χ2v) is 2.66. The number of ether oxygens (including phenoxy) is 1. The van der Waals surface area contributed by atoms with Crippen LogP contribution in [0.15, 0.2) is 36.5 Å². The molecule has 0 N–H and O–H groups in total. The van der Waals surface area contributed by atoms with E-state index in [0.29, 0.717) is 0 Å². The minimum absolute atomic E-state index is 0.00746. The molecule has 0 aromatic rings. The van der Waals surface area contributed by atoms with Gasteiger partial charge in [0.1, 0.15) is 0 Å². The first kappa shape index (κ1) is 7.91. The van der Waals surface area contributed by atoms with Crippen LogP contribution in [0.2, 0.25) is 0 Å². The van der Waals surface area contributed by atoms with Gasteiger partial charge in [-0.05, 0) is 19.2 Å². The largest absolute Gasteiger partial charge is 0.469 e. The maximum absolute atomic E-state index is 10.8. The van der Waals surface area contributed by atoms with Crippen molar-refractivity contribution in [3.63, 3.8) is 0 Å². The van der Waals surface area contributed by atoms with Crippen LogP contribution in [-0.4, -0.2) is 13.1 Å². The van der Waals surface area contributed by atoms with E-state index in [1.165, 1.54) is 31.4 Å². The van der Waals surface area contributed by atoms with Gasteiger partial charge in [-0.15, -0.1) is 0 Å². The van der Waals surface area contributed by atoms with Crippen LogP contribution >= 0.6 is 0 Å². The fraction of sp³-hybridized carbons (Fsp3) is 0.462. The van der Waals surface area contributed by atoms with Crippen molar-refractivity contribution in [3.8, 4) is 0 Å². The monoisotopic (exact) mass is 212 g/mol. The summed E-state index contributed by atoms with van der Waals surface area (Å²) in [6.45, 7) is 1.89. The molecule has 0 aromatic carbocycles. The smallest absolute Gasteiger partial charge is 0.309 e. The molecule has 0 bridgehead atoms. The fourth-order valence-corrected chi connectivity index (χ4v) is 0.700. The Morgan fingerprint density at radius 2 is 1.67 bits per heavy atom. The van der Waals surface area contributed by atoms with Crippen molar-refractivity contribution in [2.24, 2.45) is 0 Å². The second-order valence-electron chi connectivity index (χ2n) is 2.66. The summed E-state index contributed by atoms with van der Waals surface area (Å²) in [5, 5.41) is 0. The first-order valence-corrected chi connectivity index (χ1v) is 4.85. The van der Waals surface area contributed by atoms with Gasteiger partial charge in [-0.1, -0.05) is 43.4 Å². The molecule has 0 atom stereocenters. The fourth-order valence-electron chi connectivity index (χ4n) is 0.700. The highest BCUT2D eigenvalue weighted by atomic mass is 16.5. The average molecular weight is 212 g/mol. The zero-order valence-corrected chi connectivity index (χ0v) is 9.19. The van der Waals surface area contributed by atoms with Gasteiger partial charge in [0.2, 0.25) is 0 Å². The third kappa shape index (κ3) is 10.6. The Labute approximate surface area is 97.9 Å². The van der Waals surface area contributed by atoms with Crippen molar-refractivity contribution in [1.29, 1.82) is 0 Å². The van der Waals surface area contributed by atoms with E-state index >= 15 is 0 Å². The van der Waals surface area contributed by atoms with Crippen molar-refractivity contribution in [1.82, 2.24) is 0 Å². The van der Waals surface area contributed by atoms with E-state index in [0.717, 1.165) is 12.5 Å². The highest BCUT2D eigenvalue weighted by molar-refractivity contribution is 5.70. The zero-order chi connectivity index (χ0) is 14.9. The zero-order valence-electron chi connectivity index (χ0n) is 13.2. The molecule has 0 aliphatic carbocycles. The van der Waals surface area contributed by atoms with E-state index in [-0.39, 0.29) is 6.42 Å². The molecule has 0 heterocycles. The minimum atomic E-state index is -1.80. The van der Waals surface area contributed by atoms with Gasteiger partial charge in [0.25, 0.3) is 0 Å². The van der Waals surface area contributed by atoms with Crippen molar-refractivity contribution in [3.05, 3.63) is 36.5 Å². The number of carbonyl (C=O) groups excluding carboxylic acids is 1. The summed E-state index contributed by atoms with van der Waals surface area (Å²) in [4.78, 5) is 10.8. The Kier molecular flexibility index (Phi) is 5.68. The molecule has 2 nitrogen and oxygen atoms in total. The average Bonchev–Trinajstić information content (AvgIpc) is 2.34. The summed E-state index contributed by atoms with van der Waals surface area (Å²) in [6.07, 6.45) is 5.19. The summed E-state index contributed by atoms with van der Waals surface area (Å²) in [7, 11) is 1.26. The van der Waals surface area contributed by atoms with Gasteiger partial charge in [0.05, 0.1) is 13.5 Å². The predicted molar refractivity (Wildman–Crippen MR) is 63.6 cm³/mol. The molecule has 15 heavy (non-hydrogen) atoms. The Hall–Kier alpha value is -1.31.